The van der Waals surface area contributed by atoms with Crippen molar-refractivity contribution in [2.75, 3.05) is 32.4 Å². The van der Waals surface area contributed by atoms with Crippen molar-refractivity contribution >= 4 is 52.4 Å². The molecule has 0 spiro atoms. The SMILES string of the molecule is C=C[C@@H]1C[C@]1(CC(=O)[C@@H]1C[C@@H](Oc2cc(-c3csc(NC(C)C)n3)nc3cc(OC)ccc23)CN1C(=O)[C@@H](CC(=O)OC1CCCC1)C(C)(C)C)P(=O)(O)COC. The van der Waals surface area contributed by atoms with Crippen LogP contribution in [0.15, 0.2) is 42.3 Å². The van der Waals surface area contributed by atoms with E-state index in [1.165, 1.54) is 23.3 Å². The number of carbonyl (C=O) groups is 3. The van der Waals surface area contributed by atoms with Crippen LogP contribution in [-0.2, 0) is 28.4 Å². The lowest BCUT2D eigenvalue weighted by Crippen LogP contribution is -2.48. The lowest BCUT2D eigenvalue weighted by Gasteiger charge is -2.35. The Balaban J connectivity index is 1.34. The number of thiazole rings is 1. The zero-order chi connectivity index (χ0) is 41.3. The van der Waals surface area contributed by atoms with Crippen LogP contribution in [-0.4, -0.2) is 94.0 Å². The molecule has 2 aliphatic carbocycles. The number of rotatable bonds is 17. The van der Waals surface area contributed by atoms with Gasteiger partial charge in [-0.1, -0.05) is 26.8 Å². The van der Waals surface area contributed by atoms with Gasteiger partial charge in [0.15, 0.2) is 10.9 Å². The van der Waals surface area contributed by atoms with E-state index in [0.717, 1.165) is 30.8 Å². The van der Waals surface area contributed by atoms with Crippen LogP contribution in [0.5, 0.6) is 11.5 Å². The number of nitrogens with zero attached hydrogens (tertiary/aromatic N) is 3. The molecule has 0 bridgehead atoms. The Morgan fingerprint density at radius 1 is 1.12 bits per heavy atom. The van der Waals surface area contributed by atoms with Crippen LogP contribution in [0.1, 0.15) is 86.0 Å². The van der Waals surface area contributed by atoms with Gasteiger partial charge in [-0.2, -0.15) is 0 Å². The highest BCUT2D eigenvalue weighted by Gasteiger charge is 2.65. The monoisotopic (exact) mass is 824 g/mol. The number of methoxy groups -OCH3 is 2. The third-order valence-corrected chi connectivity index (χ3v) is 15.0. The molecular weight excluding hydrogens is 768 g/mol. The van der Waals surface area contributed by atoms with Crippen LogP contribution >= 0.6 is 18.7 Å². The summed E-state index contributed by atoms with van der Waals surface area (Å²) < 4.78 is 36.9. The Morgan fingerprint density at radius 3 is 2.49 bits per heavy atom. The molecule has 3 aliphatic rings. The number of aromatic nitrogens is 2. The quantitative estimate of drug-likeness (QED) is 0.0770. The molecule has 1 unspecified atom stereocenters. The van der Waals surface area contributed by atoms with Gasteiger partial charge in [0.25, 0.3) is 0 Å². The first-order chi connectivity index (χ1) is 27.0. The van der Waals surface area contributed by atoms with Crippen molar-refractivity contribution in [2.24, 2.45) is 17.3 Å². The molecule has 2 aromatic heterocycles. The van der Waals surface area contributed by atoms with Gasteiger partial charge in [0, 0.05) is 48.9 Å². The number of hydrogen-bond acceptors (Lipinski definition) is 12. The summed E-state index contributed by atoms with van der Waals surface area (Å²) in [6.07, 6.45) is 4.13. The Morgan fingerprint density at radius 2 is 1.86 bits per heavy atom. The van der Waals surface area contributed by atoms with Gasteiger partial charge in [-0.05, 0) is 69.4 Å². The first-order valence-electron chi connectivity index (χ1n) is 19.8. The second-order valence-corrected chi connectivity index (χ2v) is 20.5. The molecule has 57 heavy (non-hydrogen) atoms. The number of benzene rings is 1. The molecule has 6 atom stereocenters. The summed E-state index contributed by atoms with van der Waals surface area (Å²) in [4.78, 5) is 65.1. The maximum atomic E-state index is 14.8. The summed E-state index contributed by atoms with van der Waals surface area (Å²) in [5.74, 6) is -1.18. The largest absolute Gasteiger partial charge is 0.497 e. The highest BCUT2D eigenvalue weighted by Crippen LogP contribution is 2.72. The van der Waals surface area contributed by atoms with Crippen LogP contribution in [0.3, 0.4) is 0 Å². The fourth-order valence-corrected chi connectivity index (χ4v) is 11.3. The number of Topliss-reactive ketones (excluding diaryl/α,β-unsaturated/α-hetero) is 1. The molecule has 3 fully saturated rings. The highest BCUT2D eigenvalue weighted by molar-refractivity contribution is 7.60. The van der Waals surface area contributed by atoms with Gasteiger partial charge in [0.05, 0.1) is 48.4 Å². The third-order valence-electron chi connectivity index (χ3n) is 11.6. The van der Waals surface area contributed by atoms with Gasteiger partial charge in [-0.3, -0.25) is 18.9 Å². The molecule has 2 N–H and O–H groups in total. The van der Waals surface area contributed by atoms with Crippen LogP contribution in [0.2, 0.25) is 0 Å². The number of likely N-dealkylation sites (tertiary alicyclic amines) is 1. The third kappa shape index (κ3) is 9.40. The molecule has 3 aromatic rings. The second kappa shape index (κ2) is 17.2. The normalized spacial score (nSPS) is 23.9. The number of allylic oxidation sites excluding steroid dienone is 1. The van der Waals surface area contributed by atoms with Crippen LogP contribution < -0.4 is 14.8 Å². The molecule has 310 valence electrons. The lowest BCUT2D eigenvalue weighted by molar-refractivity contribution is -0.156. The molecule has 1 amide bonds. The minimum atomic E-state index is -3.96. The molecule has 1 aliphatic heterocycles. The number of nitrogens with one attached hydrogen (secondary N) is 1. The standard InChI is InChI=1S/C42H57N4O9PS/c1-9-26-20-42(26,56(50,51)24-52-7)21-36(47)35-17-29(22-46(35)39(49)31(41(4,5)6)18-38(48)55-27-12-10-11-13-27)54-37-19-33(34-23-57-40(45-34)43-25(2)3)44-32-16-28(53-8)14-15-30(32)37/h9,14-16,19,23,25-27,29,31,35H,1,10-13,17-18,20-22,24H2,2-8H3,(H,43,45)(H,50,51)/t26-,29-,31-,35+,42-/m1/s1. The molecular formula is C42H57N4O9PS. The molecule has 2 saturated carbocycles. The average Bonchev–Trinajstić information content (AvgIpc) is 3.55. The Kier molecular flexibility index (Phi) is 12.9. The predicted molar refractivity (Wildman–Crippen MR) is 221 cm³/mol. The zero-order valence-electron chi connectivity index (χ0n) is 34.1. The maximum absolute atomic E-state index is 14.8. The van der Waals surface area contributed by atoms with Gasteiger partial charge in [-0.25, -0.2) is 9.97 Å². The van der Waals surface area contributed by atoms with E-state index in [1.54, 1.807) is 13.2 Å². The van der Waals surface area contributed by atoms with E-state index in [0.29, 0.717) is 40.2 Å². The molecule has 13 nitrogen and oxygen atoms in total. The number of fused-ring (bicyclic) bond motifs is 1. The first-order valence-corrected chi connectivity index (χ1v) is 22.5. The Labute approximate surface area is 339 Å². The molecule has 1 aromatic carbocycles. The minimum Gasteiger partial charge on any atom is -0.497 e. The fourth-order valence-electron chi connectivity index (χ4n) is 8.29. The van der Waals surface area contributed by atoms with E-state index >= 15 is 0 Å². The fraction of sp³-hybridized carbons (Fsp3) is 0.595. The number of carbonyl (C=O) groups excluding carboxylic acids is 3. The summed E-state index contributed by atoms with van der Waals surface area (Å²) in [6.45, 7) is 13.7. The van der Waals surface area contributed by atoms with Crippen LogP contribution in [0.4, 0.5) is 5.13 Å². The molecule has 3 heterocycles. The average molecular weight is 825 g/mol. The molecule has 6 rings (SSSR count). The van der Waals surface area contributed by atoms with E-state index in [1.807, 2.05) is 64.3 Å². The van der Waals surface area contributed by atoms with Crippen molar-refractivity contribution in [3.8, 4) is 22.9 Å². The van der Waals surface area contributed by atoms with E-state index in [9.17, 15) is 23.8 Å². The van der Waals surface area contributed by atoms with Gasteiger partial charge in [-0.15, -0.1) is 17.9 Å². The van der Waals surface area contributed by atoms with Crippen molar-refractivity contribution in [1.82, 2.24) is 14.9 Å². The highest BCUT2D eigenvalue weighted by atomic mass is 32.1. The number of ether oxygens (including phenoxy) is 4. The number of anilines is 1. The number of pyridine rings is 1. The first kappa shape index (κ1) is 42.8. The number of esters is 1. The number of hydrogen-bond donors (Lipinski definition) is 2. The van der Waals surface area contributed by atoms with Gasteiger partial charge < -0.3 is 34.1 Å². The number of amides is 1. The minimum absolute atomic E-state index is 0.0562. The van der Waals surface area contributed by atoms with Crippen molar-refractivity contribution in [3.63, 3.8) is 0 Å². The lowest BCUT2D eigenvalue weighted by atomic mass is 9.77. The Hall–Kier alpha value is -3.84. The van der Waals surface area contributed by atoms with E-state index in [4.69, 9.17) is 28.9 Å². The predicted octanol–water partition coefficient (Wildman–Crippen LogP) is 7.85. The summed E-state index contributed by atoms with van der Waals surface area (Å²) >= 11 is 1.47. The van der Waals surface area contributed by atoms with Crippen LogP contribution in [0, 0.1) is 17.3 Å². The summed E-state index contributed by atoms with van der Waals surface area (Å²) in [7, 11) is -1.02. The van der Waals surface area contributed by atoms with Crippen molar-refractivity contribution in [1.29, 1.82) is 0 Å². The van der Waals surface area contributed by atoms with E-state index < -0.39 is 48.3 Å². The van der Waals surface area contributed by atoms with Gasteiger partial charge in [0.2, 0.25) is 13.3 Å². The summed E-state index contributed by atoms with van der Waals surface area (Å²) in [5, 5.41) is 5.49. The summed E-state index contributed by atoms with van der Waals surface area (Å²) in [5.41, 5.74) is 1.19. The van der Waals surface area contributed by atoms with Gasteiger partial charge >= 0.3 is 5.97 Å². The van der Waals surface area contributed by atoms with Crippen molar-refractivity contribution in [2.45, 2.75) is 115 Å². The van der Waals surface area contributed by atoms with Gasteiger partial charge in [0.1, 0.15) is 35.7 Å². The maximum Gasteiger partial charge on any atom is 0.306 e. The summed E-state index contributed by atoms with van der Waals surface area (Å²) in [6, 6.07) is 6.54. The zero-order valence-corrected chi connectivity index (χ0v) is 35.8. The smallest absolute Gasteiger partial charge is 0.306 e. The Bertz CT molecular complexity index is 2030. The molecule has 0 radical (unpaired) electrons. The molecule has 15 heteroatoms. The van der Waals surface area contributed by atoms with Crippen LogP contribution in [0.25, 0.3) is 22.3 Å². The molecule has 1 saturated heterocycles. The van der Waals surface area contributed by atoms with Crippen molar-refractivity contribution in [3.05, 3.63) is 42.3 Å². The second-order valence-electron chi connectivity index (χ2n) is 17.1. The topological polar surface area (TPSA) is 166 Å². The number of ketones is 1. The van der Waals surface area contributed by atoms with Crippen molar-refractivity contribution < 1.29 is 42.8 Å². The van der Waals surface area contributed by atoms with E-state index in [2.05, 4.69) is 11.9 Å². The van der Waals surface area contributed by atoms with E-state index in [-0.39, 0.29) is 55.6 Å².